The zero-order chi connectivity index (χ0) is 16.4. The second-order valence-corrected chi connectivity index (χ2v) is 5.51. The highest BCUT2D eigenvalue weighted by atomic mass is 16.4. The van der Waals surface area contributed by atoms with Crippen molar-refractivity contribution in [2.75, 3.05) is 20.6 Å². The number of nitrogens with zero attached hydrogens (tertiary/aromatic N) is 1. The summed E-state index contributed by atoms with van der Waals surface area (Å²) in [7, 11) is 3.47. The fourth-order valence-electron chi connectivity index (χ4n) is 1.94. The molecule has 0 radical (unpaired) electrons. The molecule has 0 saturated carbocycles. The highest BCUT2D eigenvalue weighted by Gasteiger charge is 2.19. The van der Waals surface area contributed by atoms with Crippen LogP contribution in [0.25, 0.3) is 0 Å². The van der Waals surface area contributed by atoms with Crippen LogP contribution < -0.4 is 11.1 Å². The molecule has 0 aromatic heterocycles. The molecule has 7 heteroatoms. The van der Waals surface area contributed by atoms with E-state index in [0.717, 1.165) is 12.8 Å². The minimum Gasteiger partial charge on any atom is -0.480 e. The van der Waals surface area contributed by atoms with Gasteiger partial charge in [0.25, 0.3) is 0 Å². The Balaban J connectivity index is 3.82. The Morgan fingerprint density at radius 1 is 1.19 bits per heavy atom. The number of carboxylic acid groups (broad SMARTS) is 1. The Morgan fingerprint density at radius 3 is 2.29 bits per heavy atom. The molecule has 0 aromatic carbocycles. The van der Waals surface area contributed by atoms with E-state index >= 15 is 0 Å². The molecule has 0 aromatic rings. The largest absolute Gasteiger partial charge is 0.480 e. The van der Waals surface area contributed by atoms with E-state index in [0.29, 0.717) is 19.4 Å². The average molecular weight is 301 g/mol. The minimum absolute atomic E-state index is 0.0985. The first kappa shape index (κ1) is 19.4. The Morgan fingerprint density at radius 2 is 1.81 bits per heavy atom. The molecule has 0 aliphatic carbocycles. The number of amides is 2. The Kier molecular flexibility index (Phi) is 9.36. The Hall–Kier alpha value is -1.63. The second-order valence-electron chi connectivity index (χ2n) is 5.51. The molecule has 0 bridgehead atoms. The van der Waals surface area contributed by atoms with Gasteiger partial charge in [-0.3, -0.25) is 19.3 Å². The van der Waals surface area contributed by atoms with E-state index in [1.807, 2.05) is 0 Å². The van der Waals surface area contributed by atoms with E-state index in [2.05, 4.69) is 5.32 Å². The topological polar surface area (TPSA) is 113 Å². The number of carbonyl (C=O) groups excluding carboxylic acids is 2. The van der Waals surface area contributed by atoms with Crippen molar-refractivity contribution in [1.82, 2.24) is 10.2 Å². The van der Waals surface area contributed by atoms with Gasteiger partial charge in [-0.2, -0.15) is 0 Å². The van der Waals surface area contributed by atoms with Crippen LogP contribution in [0.5, 0.6) is 0 Å². The number of nitrogens with two attached hydrogens (primary N) is 1. The number of likely N-dealkylation sites (N-methyl/N-ethyl adjacent to an activating group) is 1. The number of hydrogen-bond acceptors (Lipinski definition) is 4. The predicted octanol–water partition coefficient (Wildman–Crippen LogP) is 0.189. The van der Waals surface area contributed by atoms with E-state index < -0.39 is 17.9 Å². The van der Waals surface area contributed by atoms with E-state index in [9.17, 15) is 14.4 Å². The Labute approximate surface area is 125 Å². The summed E-state index contributed by atoms with van der Waals surface area (Å²) in [6.45, 7) is 2.27. The molecule has 0 heterocycles. The molecule has 0 spiro atoms. The van der Waals surface area contributed by atoms with Gasteiger partial charge in [-0.25, -0.2) is 0 Å². The molecular formula is C14H27N3O4. The van der Waals surface area contributed by atoms with E-state index in [1.54, 1.807) is 25.9 Å². The van der Waals surface area contributed by atoms with Gasteiger partial charge in [-0.15, -0.1) is 0 Å². The van der Waals surface area contributed by atoms with Crippen molar-refractivity contribution in [3.05, 3.63) is 0 Å². The molecule has 0 aliphatic rings. The van der Waals surface area contributed by atoms with Crippen LogP contribution in [-0.2, 0) is 14.4 Å². The van der Waals surface area contributed by atoms with Gasteiger partial charge < -0.3 is 16.2 Å². The van der Waals surface area contributed by atoms with Crippen LogP contribution in [0.15, 0.2) is 0 Å². The number of rotatable bonds is 11. The molecule has 21 heavy (non-hydrogen) atoms. The molecule has 0 unspecified atom stereocenters. The number of carbonyl (C=O) groups is 3. The van der Waals surface area contributed by atoms with Crippen molar-refractivity contribution in [1.29, 1.82) is 0 Å². The van der Waals surface area contributed by atoms with Crippen LogP contribution >= 0.6 is 0 Å². The molecule has 0 rings (SSSR count). The smallest absolute Gasteiger partial charge is 0.320 e. The van der Waals surface area contributed by atoms with Crippen molar-refractivity contribution >= 4 is 17.8 Å². The van der Waals surface area contributed by atoms with Gasteiger partial charge in [0.15, 0.2) is 0 Å². The molecule has 0 aliphatic heterocycles. The van der Waals surface area contributed by atoms with Crippen LogP contribution in [0.3, 0.4) is 0 Å². The Bertz CT molecular complexity index is 358. The molecule has 0 saturated heterocycles. The number of carboxylic acids is 1. The summed E-state index contributed by atoms with van der Waals surface area (Å²) in [6.07, 6.45) is 2.66. The fourth-order valence-corrected chi connectivity index (χ4v) is 1.94. The number of aliphatic carboxylic acids is 1. The van der Waals surface area contributed by atoms with E-state index in [1.165, 1.54) is 0 Å². The molecule has 2 atom stereocenters. The maximum atomic E-state index is 11.7. The van der Waals surface area contributed by atoms with Crippen LogP contribution in [0.2, 0.25) is 0 Å². The number of hydrogen-bond donors (Lipinski definition) is 3. The summed E-state index contributed by atoms with van der Waals surface area (Å²) in [5.41, 5.74) is 5.04. The fraction of sp³-hybridized carbons (Fsp3) is 0.786. The highest BCUT2D eigenvalue weighted by Crippen LogP contribution is 2.07. The summed E-state index contributed by atoms with van der Waals surface area (Å²) in [6, 6.07) is -0.491. The lowest BCUT2D eigenvalue weighted by atomic mass is 10.0. The summed E-state index contributed by atoms with van der Waals surface area (Å²) in [5.74, 6) is -1.58. The number of nitrogens with one attached hydrogen (secondary N) is 1. The first-order chi connectivity index (χ1) is 9.75. The third-order valence-electron chi connectivity index (χ3n) is 3.38. The van der Waals surface area contributed by atoms with Crippen molar-refractivity contribution < 1.29 is 19.5 Å². The molecule has 4 N–H and O–H groups in total. The van der Waals surface area contributed by atoms with Gasteiger partial charge in [0.1, 0.15) is 6.04 Å². The van der Waals surface area contributed by atoms with Crippen LogP contribution in [0.1, 0.15) is 39.0 Å². The van der Waals surface area contributed by atoms with Gasteiger partial charge >= 0.3 is 5.97 Å². The molecule has 7 nitrogen and oxygen atoms in total. The summed E-state index contributed by atoms with van der Waals surface area (Å²) in [4.78, 5) is 35.0. The van der Waals surface area contributed by atoms with E-state index in [-0.39, 0.29) is 18.2 Å². The van der Waals surface area contributed by atoms with Crippen molar-refractivity contribution in [2.24, 2.45) is 11.7 Å². The standard InChI is InChI=1S/C14H27N3O4/c1-10(7-8-12(15)18)13(19)16-9-5-4-6-11(14(20)21)17(2)3/h10-11H,4-9H2,1-3H3,(H2,15,18)(H,16,19)(H,20,21)/t10-,11+/m1/s1. The quantitative estimate of drug-likeness (QED) is 0.471. The zero-order valence-corrected chi connectivity index (χ0v) is 13.1. The lowest BCUT2D eigenvalue weighted by Gasteiger charge is -2.19. The summed E-state index contributed by atoms with van der Waals surface area (Å²) in [5, 5.41) is 11.8. The van der Waals surface area contributed by atoms with Gasteiger partial charge in [0, 0.05) is 18.9 Å². The molecule has 0 fully saturated rings. The van der Waals surface area contributed by atoms with Gasteiger partial charge in [0.05, 0.1) is 0 Å². The number of unbranched alkanes of at least 4 members (excludes halogenated alkanes) is 1. The summed E-state index contributed by atoms with van der Waals surface area (Å²) >= 11 is 0. The third-order valence-corrected chi connectivity index (χ3v) is 3.38. The maximum Gasteiger partial charge on any atom is 0.320 e. The maximum absolute atomic E-state index is 11.7. The van der Waals surface area contributed by atoms with Crippen LogP contribution in [0, 0.1) is 5.92 Å². The molecular weight excluding hydrogens is 274 g/mol. The first-order valence-corrected chi connectivity index (χ1v) is 7.21. The summed E-state index contributed by atoms with van der Waals surface area (Å²) < 4.78 is 0. The minimum atomic E-state index is -0.830. The number of primary amides is 1. The second kappa shape index (κ2) is 10.1. The van der Waals surface area contributed by atoms with Gasteiger partial charge in [-0.1, -0.05) is 6.92 Å². The highest BCUT2D eigenvalue weighted by molar-refractivity contribution is 5.79. The third kappa shape index (κ3) is 9.01. The van der Waals surface area contributed by atoms with Gasteiger partial charge in [-0.05, 0) is 39.8 Å². The van der Waals surface area contributed by atoms with Crippen molar-refractivity contribution in [2.45, 2.75) is 45.1 Å². The normalized spacial score (nSPS) is 13.7. The van der Waals surface area contributed by atoms with Crippen molar-refractivity contribution in [3.63, 3.8) is 0 Å². The lowest BCUT2D eigenvalue weighted by Crippen LogP contribution is -2.36. The van der Waals surface area contributed by atoms with Crippen LogP contribution in [-0.4, -0.2) is 54.5 Å². The predicted molar refractivity (Wildman–Crippen MR) is 79.6 cm³/mol. The zero-order valence-electron chi connectivity index (χ0n) is 13.1. The van der Waals surface area contributed by atoms with Crippen molar-refractivity contribution in [3.8, 4) is 0 Å². The average Bonchev–Trinajstić information content (AvgIpc) is 2.38. The molecule has 122 valence electrons. The van der Waals surface area contributed by atoms with Crippen LogP contribution in [0.4, 0.5) is 0 Å². The van der Waals surface area contributed by atoms with Gasteiger partial charge in [0.2, 0.25) is 11.8 Å². The first-order valence-electron chi connectivity index (χ1n) is 7.21. The lowest BCUT2D eigenvalue weighted by molar-refractivity contribution is -0.142. The monoisotopic (exact) mass is 301 g/mol. The van der Waals surface area contributed by atoms with E-state index in [4.69, 9.17) is 10.8 Å². The molecule has 2 amide bonds. The SMILES string of the molecule is C[C@H](CCC(N)=O)C(=O)NCCCC[C@@H](C(=O)O)N(C)C.